The van der Waals surface area contributed by atoms with Crippen molar-refractivity contribution in [3.05, 3.63) is 108 Å². The molecule has 0 saturated carbocycles. The molecule has 0 saturated heterocycles. The first-order valence-corrected chi connectivity index (χ1v) is 11.3. The highest BCUT2D eigenvalue weighted by molar-refractivity contribution is 5.96. The number of aliphatic imine (C=N–C) groups is 1. The van der Waals surface area contributed by atoms with Gasteiger partial charge in [-0.2, -0.15) is 0 Å². The standard InChI is InChI=1S/C28H31N3O2/c1-20(21-14-8-5-9-15-21)29-26-30-24(22-16-10-6-11-17-22)25(23-18-12-7-13-19-23)31(26)27(32)33-28(2,3)4/h5-20,24-25H,1-4H3,(H,29,30)/t20-,24-,25-/m0/s1. The molecule has 3 aromatic carbocycles. The largest absolute Gasteiger partial charge is 0.443 e. The molecule has 1 aliphatic heterocycles. The average Bonchev–Trinajstić information content (AvgIpc) is 3.19. The van der Waals surface area contributed by atoms with E-state index in [-0.39, 0.29) is 18.1 Å². The van der Waals surface area contributed by atoms with Gasteiger partial charge < -0.3 is 10.1 Å². The second kappa shape index (κ2) is 9.49. The predicted molar refractivity (Wildman–Crippen MR) is 132 cm³/mol. The van der Waals surface area contributed by atoms with Crippen molar-refractivity contribution < 1.29 is 9.53 Å². The van der Waals surface area contributed by atoms with Crippen LogP contribution in [0.5, 0.6) is 0 Å². The smallest absolute Gasteiger partial charge is 0.417 e. The van der Waals surface area contributed by atoms with Crippen molar-refractivity contribution in [2.75, 3.05) is 0 Å². The molecule has 0 fully saturated rings. The first-order chi connectivity index (χ1) is 15.8. The van der Waals surface area contributed by atoms with Gasteiger partial charge in [-0.05, 0) is 44.4 Å². The normalized spacial score (nSPS) is 19.0. The van der Waals surface area contributed by atoms with Gasteiger partial charge in [0, 0.05) is 0 Å². The molecule has 1 heterocycles. The Hall–Kier alpha value is -3.60. The summed E-state index contributed by atoms with van der Waals surface area (Å²) >= 11 is 0. The molecule has 0 bridgehead atoms. The molecule has 0 unspecified atom stereocenters. The van der Waals surface area contributed by atoms with Crippen LogP contribution in [0, 0.1) is 0 Å². The first-order valence-electron chi connectivity index (χ1n) is 11.3. The molecular formula is C28H31N3O2. The Labute approximate surface area is 196 Å². The summed E-state index contributed by atoms with van der Waals surface area (Å²) < 4.78 is 5.84. The Morgan fingerprint density at radius 1 is 0.879 bits per heavy atom. The number of benzene rings is 3. The van der Waals surface area contributed by atoms with Crippen molar-refractivity contribution in [2.45, 2.75) is 51.4 Å². The van der Waals surface area contributed by atoms with Gasteiger partial charge in [0.1, 0.15) is 11.6 Å². The van der Waals surface area contributed by atoms with Gasteiger partial charge in [0.2, 0.25) is 5.96 Å². The zero-order valence-corrected chi connectivity index (χ0v) is 19.6. The second-order valence-corrected chi connectivity index (χ2v) is 9.29. The number of hydrogen-bond acceptors (Lipinski definition) is 4. The predicted octanol–water partition coefficient (Wildman–Crippen LogP) is 6.43. The van der Waals surface area contributed by atoms with Crippen LogP contribution in [0.3, 0.4) is 0 Å². The first kappa shape index (κ1) is 22.6. The van der Waals surface area contributed by atoms with Crippen molar-refractivity contribution >= 4 is 12.1 Å². The van der Waals surface area contributed by atoms with E-state index in [4.69, 9.17) is 9.73 Å². The molecule has 5 heteroatoms. The molecule has 0 spiro atoms. The third-order valence-electron chi connectivity index (χ3n) is 5.58. The summed E-state index contributed by atoms with van der Waals surface area (Å²) in [6.07, 6.45) is -0.415. The van der Waals surface area contributed by atoms with Crippen molar-refractivity contribution in [1.82, 2.24) is 10.2 Å². The molecule has 3 atom stereocenters. The fourth-order valence-electron chi connectivity index (χ4n) is 4.06. The second-order valence-electron chi connectivity index (χ2n) is 9.29. The van der Waals surface area contributed by atoms with E-state index >= 15 is 0 Å². The lowest BCUT2D eigenvalue weighted by Gasteiger charge is -2.32. The van der Waals surface area contributed by atoms with Gasteiger partial charge in [0.15, 0.2) is 0 Å². The molecule has 0 radical (unpaired) electrons. The minimum Gasteiger partial charge on any atom is -0.443 e. The minimum absolute atomic E-state index is 0.0409. The lowest BCUT2D eigenvalue weighted by molar-refractivity contribution is 0.0309. The third kappa shape index (κ3) is 5.25. The molecule has 1 N–H and O–H groups in total. The molecule has 1 aliphatic rings. The lowest BCUT2D eigenvalue weighted by atomic mass is 9.94. The zero-order chi connectivity index (χ0) is 23.4. The summed E-state index contributed by atoms with van der Waals surface area (Å²) in [4.78, 5) is 20.3. The summed E-state index contributed by atoms with van der Waals surface area (Å²) in [5.41, 5.74) is 2.54. The average molecular weight is 442 g/mol. The van der Waals surface area contributed by atoms with Gasteiger partial charge in [-0.3, -0.25) is 0 Å². The maximum atomic E-state index is 13.5. The Morgan fingerprint density at radius 3 is 1.94 bits per heavy atom. The third-order valence-corrected chi connectivity index (χ3v) is 5.58. The monoisotopic (exact) mass is 441 g/mol. The molecule has 5 nitrogen and oxygen atoms in total. The van der Waals surface area contributed by atoms with Crippen molar-refractivity contribution in [1.29, 1.82) is 0 Å². The SMILES string of the molecule is C[C@H](NC1=N[C@@H](c2ccccc2)[C@H](c2ccccc2)N1C(=O)OC(C)(C)C)c1ccccc1. The van der Waals surface area contributed by atoms with Crippen LogP contribution in [0.1, 0.15) is 62.5 Å². The van der Waals surface area contributed by atoms with Crippen LogP contribution in [0.15, 0.2) is 96.0 Å². The summed E-state index contributed by atoms with van der Waals surface area (Å²) in [6.45, 7) is 7.70. The van der Waals surface area contributed by atoms with Crippen molar-refractivity contribution in [2.24, 2.45) is 4.99 Å². The molecule has 0 aromatic heterocycles. The maximum absolute atomic E-state index is 13.5. The highest BCUT2D eigenvalue weighted by Gasteiger charge is 2.44. The molecule has 170 valence electrons. The van der Waals surface area contributed by atoms with Crippen molar-refractivity contribution in [3.63, 3.8) is 0 Å². The van der Waals surface area contributed by atoms with Crippen LogP contribution in [-0.4, -0.2) is 22.6 Å². The fourth-order valence-corrected chi connectivity index (χ4v) is 4.06. The van der Waals surface area contributed by atoms with E-state index < -0.39 is 11.7 Å². The highest BCUT2D eigenvalue weighted by Crippen LogP contribution is 2.42. The summed E-state index contributed by atoms with van der Waals surface area (Å²) in [5.74, 6) is 0.517. The van der Waals surface area contributed by atoms with Crippen LogP contribution in [0.2, 0.25) is 0 Å². The summed E-state index contributed by atoms with van der Waals surface area (Å²) in [7, 11) is 0. The van der Waals surface area contributed by atoms with Crippen molar-refractivity contribution in [3.8, 4) is 0 Å². The number of rotatable bonds is 4. The lowest BCUT2D eigenvalue weighted by Crippen LogP contribution is -2.46. The van der Waals surface area contributed by atoms with Crippen LogP contribution in [0.4, 0.5) is 4.79 Å². The van der Waals surface area contributed by atoms with E-state index in [1.807, 2.05) is 87.5 Å². The Bertz CT molecular complexity index is 1090. The van der Waals surface area contributed by atoms with Gasteiger partial charge in [-0.1, -0.05) is 91.0 Å². The number of nitrogens with one attached hydrogen (secondary N) is 1. The number of guanidine groups is 1. The van der Waals surface area contributed by atoms with Gasteiger partial charge >= 0.3 is 6.09 Å². The zero-order valence-electron chi connectivity index (χ0n) is 19.6. The van der Waals surface area contributed by atoms with Crippen LogP contribution in [-0.2, 0) is 4.74 Å². The van der Waals surface area contributed by atoms with Gasteiger partial charge in [-0.15, -0.1) is 0 Å². The van der Waals surface area contributed by atoms with Gasteiger partial charge in [0.05, 0.1) is 12.1 Å². The number of hydrogen-bond donors (Lipinski definition) is 1. The minimum atomic E-state index is -0.626. The summed E-state index contributed by atoms with van der Waals surface area (Å²) in [5, 5.41) is 3.49. The maximum Gasteiger partial charge on any atom is 0.417 e. The van der Waals surface area contributed by atoms with E-state index in [1.165, 1.54) is 0 Å². The fraction of sp³-hybridized carbons (Fsp3) is 0.286. The number of carbonyl (C=O) groups is 1. The number of nitrogens with zero attached hydrogens (tertiary/aromatic N) is 2. The van der Waals surface area contributed by atoms with E-state index in [0.717, 1.165) is 16.7 Å². The van der Waals surface area contributed by atoms with E-state index in [9.17, 15) is 4.79 Å². The van der Waals surface area contributed by atoms with E-state index in [2.05, 4.69) is 36.5 Å². The van der Waals surface area contributed by atoms with Crippen LogP contribution in [0.25, 0.3) is 0 Å². The van der Waals surface area contributed by atoms with Gasteiger partial charge in [0.25, 0.3) is 0 Å². The summed E-state index contributed by atoms with van der Waals surface area (Å²) in [6, 6.07) is 29.7. The van der Waals surface area contributed by atoms with Crippen LogP contribution >= 0.6 is 0 Å². The Balaban J connectivity index is 1.77. The van der Waals surface area contributed by atoms with E-state index in [1.54, 1.807) is 4.90 Å². The molecule has 1 amide bonds. The number of carbonyl (C=O) groups excluding carboxylic acids is 1. The number of ether oxygens (including phenoxy) is 1. The number of amides is 1. The van der Waals surface area contributed by atoms with Crippen LogP contribution < -0.4 is 5.32 Å². The Kier molecular flexibility index (Phi) is 6.50. The topological polar surface area (TPSA) is 53.9 Å². The molecule has 4 rings (SSSR count). The quantitative estimate of drug-likeness (QED) is 0.508. The molecular weight excluding hydrogens is 410 g/mol. The Morgan fingerprint density at radius 2 is 1.39 bits per heavy atom. The molecule has 3 aromatic rings. The van der Waals surface area contributed by atoms with Gasteiger partial charge in [-0.25, -0.2) is 14.7 Å². The van der Waals surface area contributed by atoms with E-state index in [0.29, 0.717) is 5.96 Å². The molecule has 0 aliphatic carbocycles. The molecule has 33 heavy (non-hydrogen) atoms. The highest BCUT2D eigenvalue weighted by atomic mass is 16.6.